The second-order valence-electron chi connectivity index (χ2n) is 1.13. The van der Waals surface area contributed by atoms with Gasteiger partial charge in [0, 0.05) is 0 Å². The molecule has 0 aliphatic rings. The van der Waals surface area contributed by atoms with E-state index in [4.69, 9.17) is 14.3 Å². The summed E-state index contributed by atoms with van der Waals surface area (Å²) in [5.74, 6) is 0. The first-order valence-electron chi connectivity index (χ1n) is 1.42. The van der Waals surface area contributed by atoms with Crippen LogP contribution in [0.1, 0.15) is 6.92 Å². The average molecular weight is 154 g/mol. The van der Waals surface area contributed by atoms with Crippen molar-refractivity contribution in [1.82, 2.24) is 0 Å². The van der Waals surface area contributed by atoms with Gasteiger partial charge in [0.1, 0.15) is 0 Å². The predicted molar refractivity (Wildman–Crippen MR) is 22.2 cm³/mol. The van der Waals surface area contributed by atoms with Gasteiger partial charge in [0.2, 0.25) is 0 Å². The molecule has 0 aromatic carbocycles. The molecule has 3 nitrogen and oxygen atoms in total. The van der Waals surface area contributed by atoms with E-state index in [1.54, 1.807) is 0 Å². The molecule has 0 aliphatic heterocycles. The van der Waals surface area contributed by atoms with E-state index in [1.807, 2.05) is 0 Å². The van der Waals surface area contributed by atoms with Crippen molar-refractivity contribution < 1.29 is 14.3 Å². The first-order chi connectivity index (χ1) is 2.56. The topological polar surface area (TPSA) is 60.7 Å². The summed E-state index contributed by atoms with van der Waals surface area (Å²) >= 11 is -1.53. The maximum atomic E-state index is 8.19. The van der Waals surface area contributed by atoms with Crippen LogP contribution in [-0.4, -0.2) is 35.0 Å². The van der Waals surface area contributed by atoms with Gasteiger partial charge in [-0.1, -0.05) is 0 Å². The van der Waals surface area contributed by atoms with E-state index < -0.39 is 20.7 Å². The molecule has 0 radical (unpaired) electrons. The van der Waals surface area contributed by atoms with Crippen LogP contribution in [0.2, 0.25) is 0 Å². The van der Waals surface area contributed by atoms with Crippen molar-refractivity contribution in [2.75, 3.05) is 0 Å². The molecule has 0 heterocycles. The van der Waals surface area contributed by atoms with Crippen LogP contribution < -0.4 is 0 Å². The fourth-order valence-corrected chi connectivity index (χ4v) is 0. The molecule has 1 atom stereocenters. The summed E-state index contributed by atoms with van der Waals surface area (Å²) in [6, 6.07) is 0. The van der Waals surface area contributed by atoms with E-state index in [-0.39, 0.29) is 0 Å². The van der Waals surface area contributed by atoms with Crippen LogP contribution in [-0.2, 0) is 0 Å². The van der Waals surface area contributed by atoms with Crippen LogP contribution in [0.25, 0.3) is 0 Å². The van der Waals surface area contributed by atoms with E-state index in [0.717, 1.165) is 6.92 Å². The number of hydrogen-bond donors (Lipinski definition) is 3. The third kappa shape index (κ3) is 4.44. The van der Waals surface area contributed by atoms with Gasteiger partial charge in [-0.05, 0) is 0 Å². The fraction of sp³-hybridized carbons (Fsp3) is 1.00. The summed E-state index contributed by atoms with van der Waals surface area (Å²) in [5.41, 5.74) is 0. The van der Waals surface area contributed by atoms with Gasteiger partial charge in [-0.15, -0.1) is 0 Å². The Morgan fingerprint density at radius 3 is 1.67 bits per heavy atom. The van der Waals surface area contributed by atoms with Crippen molar-refractivity contribution >= 4 is 16.1 Å². The van der Waals surface area contributed by atoms with Gasteiger partial charge in [0.25, 0.3) is 0 Å². The Kier molecular flexibility index (Phi) is 2.08. The molecule has 6 heavy (non-hydrogen) atoms. The van der Waals surface area contributed by atoms with Crippen LogP contribution in [0.4, 0.5) is 0 Å². The van der Waals surface area contributed by atoms with Crippen LogP contribution >= 0.6 is 0 Å². The SMILES string of the molecule is CC(O)(O)[AsH]O. The zero-order chi connectivity index (χ0) is 5.21. The molecule has 38 valence electrons. The first-order valence-corrected chi connectivity index (χ1v) is 3.41. The van der Waals surface area contributed by atoms with Gasteiger partial charge >= 0.3 is 41.9 Å². The zero-order valence-electron chi connectivity index (χ0n) is 3.34. The fourth-order valence-electron chi connectivity index (χ4n) is 0. The quantitative estimate of drug-likeness (QED) is 0.302. The molecule has 1 unspecified atom stereocenters. The summed E-state index contributed by atoms with van der Waals surface area (Å²) < 4.78 is 6.25. The molecule has 0 aromatic rings. The first kappa shape index (κ1) is 6.44. The molecule has 0 bridgehead atoms. The van der Waals surface area contributed by atoms with Crippen molar-refractivity contribution in [2.24, 2.45) is 0 Å². The maximum absolute atomic E-state index is 8.19. The Hall–Kier alpha value is 0.438. The Labute approximate surface area is 42.7 Å². The molecular weight excluding hydrogens is 147 g/mol. The minimum absolute atomic E-state index is 1.16. The van der Waals surface area contributed by atoms with Gasteiger partial charge in [0.15, 0.2) is 0 Å². The van der Waals surface area contributed by atoms with Crippen molar-refractivity contribution in [3.8, 4) is 0 Å². The standard InChI is InChI=1S/C2H7AsO3/c1-2(4,5)3-6/h3-6H,1H3. The zero-order valence-corrected chi connectivity index (χ0v) is 5.44. The molecule has 4 heteroatoms. The van der Waals surface area contributed by atoms with Crippen molar-refractivity contribution in [2.45, 2.75) is 11.5 Å². The Morgan fingerprint density at radius 1 is 1.50 bits per heavy atom. The molecule has 0 saturated heterocycles. The molecular formula is C2H7AsO3. The molecule has 0 spiro atoms. The molecule has 0 amide bonds. The molecule has 0 fully saturated rings. The monoisotopic (exact) mass is 154 g/mol. The van der Waals surface area contributed by atoms with Crippen LogP contribution in [0, 0.1) is 0 Å². The third-order valence-electron chi connectivity index (χ3n) is 0.212. The average Bonchev–Trinajstić information content (AvgIpc) is 1.35. The second-order valence-corrected chi connectivity index (χ2v) is 3.59. The minimum atomic E-state index is -1.78. The van der Waals surface area contributed by atoms with Crippen molar-refractivity contribution in [1.29, 1.82) is 0 Å². The molecule has 0 aliphatic carbocycles. The van der Waals surface area contributed by atoms with Crippen LogP contribution in [0.3, 0.4) is 0 Å². The van der Waals surface area contributed by atoms with Gasteiger partial charge < -0.3 is 0 Å². The van der Waals surface area contributed by atoms with E-state index in [2.05, 4.69) is 0 Å². The van der Waals surface area contributed by atoms with Gasteiger partial charge in [-0.2, -0.15) is 0 Å². The molecule has 0 saturated carbocycles. The summed E-state index contributed by atoms with van der Waals surface area (Å²) in [6.45, 7) is 1.16. The van der Waals surface area contributed by atoms with E-state index in [9.17, 15) is 0 Å². The molecule has 0 rings (SSSR count). The van der Waals surface area contributed by atoms with Crippen LogP contribution in [0.5, 0.6) is 0 Å². The Bertz CT molecular complexity index is 38.5. The number of aliphatic hydroxyl groups is 2. The van der Waals surface area contributed by atoms with E-state index in [0.29, 0.717) is 0 Å². The molecule has 0 aromatic heterocycles. The van der Waals surface area contributed by atoms with Crippen LogP contribution in [0.15, 0.2) is 0 Å². The second kappa shape index (κ2) is 1.94. The van der Waals surface area contributed by atoms with Gasteiger partial charge in [-0.25, -0.2) is 0 Å². The van der Waals surface area contributed by atoms with Crippen molar-refractivity contribution in [3.05, 3.63) is 0 Å². The van der Waals surface area contributed by atoms with Gasteiger partial charge in [-0.3, -0.25) is 0 Å². The van der Waals surface area contributed by atoms with Crippen molar-refractivity contribution in [3.63, 3.8) is 0 Å². The summed E-state index contributed by atoms with van der Waals surface area (Å²) in [4.78, 5) is 0. The van der Waals surface area contributed by atoms with E-state index >= 15 is 0 Å². The van der Waals surface area contributed by atoms with Gasteiger partial charge in [0.05, 0.1) is 0 Å². The summed E-state index contributed by atoms with van der Waals surface area (Å²) in [7, 11) is 0. The normalized spacial score (nSPS) is 14.0. The predicted octanol–water partition coefficient (Wildman–Crippen LogP) is -2.01. The summed E-state index contributed by atoms with van der Waals surface area (Å²) in [5, 5.41) is 16.4. The third-order valence-corrected chi connectivity index (χ3v) is 1.10. The Balaban J connectivity index is 3.17. The van der Waals surface area contributed by atoms with E-state index in [1.165, 1.54) is 0 Å². The summed E-state index contributed by atoms with van der Waals surface area (Å²) in [6.07, 6.45) is 0. The number of rotatable bonds is 1. The number of hydrogen-bond acceptors (Lipinski definition) is 3. The Morgan fingerprint density at radius 2 is 1.67 bits per heavy atom. The molecule has 3 N–H and O–H groups in total.